The summed E-state index contributed by atoms with van der Waals surface area (Å²) in [5.74, 6) is 3.14. The summed E-state index contributed by atoms with van der Waals surface area (Å²) in [7, 11) is 0. The molecular weight excluding hydrogens is 404 g/mol. The average molecular weight is 433 g/mol. The van der Waals surface area contributed by atoms with Crippen molar-refractivity contribution in [3.63, 3.8) is 0 Å². The van der Waals surface area contributed by atoms with Crippen LogP contribution in [0.1, 0.15) is 84.9 Å². The zero-order valence-electron chi connectivity index (χ0n) is 18.6. The fraction of sp³-hybridized carbons (Fsp3) is 0.542. The van der Waals surface area contributed by atoms with E-state index in [1.807, 2.05) is 24.1 Å². The first kappa shape index (κ1) is 19.6. The van der Waals surface area contributed by atoms with E-state index < -0.39 is 0 Å². The monoisotopic (exact) mass is 432 g/mol. The molecule has 1 saturated heterocycles. The highest BCUT2D eigenvalue weighted by Gasteiger charge is 2.39. The minimum atomic E-state index is -0.00819. The molecule has 1 amide bonds. The molecule has 0 aromatic carbocycles. The Morgan fingerprint density at radius 1 is 1.12 bits per heavy atom. The number of carbonyl (C=O) groups is 1. The summed E-state index contributed by atoms with van der Waals surface area (Å²) in [5, 5.41) is 4.20. The van der Waals surface area contributed by atoms with E-state index in [-0.39, 0.29) is 11.4 Å². The van der Waals surface area contributed by atoms with E-state index in [2.05, 4.69) is 27.2 Å². The zero-order valence-corrected chi connectivity index (χ0v) is 18.6. The Kier molecular flexibility index (Phi) is 4.45. The number of nitrogens with zero attached hydrogens (tertiary/aromatic N) is 5. The van der Waals surface area contributed by atoms with Gasteiger partial charge in [-0.25, -0.2) is 19.9 Å². The van der Waals surface area contributed by atoms with E-state index >= 15 is 0 Å². The average Bonchev–Trinajstić information content (AvgIpc) is 3.73. The van der Waals surface area contributed by atoms with Gasteiger partial charge in [-0.15, -0.1) is 0 Å². The molecule has 3 aromatic rings. The Morgan fingerprint density at radius 3 is 2.62 bits per heavy atom. The van der Waals surface area contributed by atoms with Crippen LogP contribution in [0.5, 0.6) is 0 Å². The number of furan rings is 1. The first-order chi connectivity index (χ1) is 15.5. The summed E-state index contributed by atoms with van der Waals surface area (Å²) in [6.07, 6.45) is 9.79. The van der Waals surface area contributed by atoms with Crippen LogP contribution in [0.2, 0.25) is 0 Å². The second-order valence-corrected chi connectivity index (χ2v) is 9.80. The topological polar surface area (TPSA) is 97.0 Å². The standard InChI is InChI=1S/C24H28N6O2/c1-14-18(19-21(29-24(2)8-9-24)26-13-27-22(19)32-14)23(31)30-11-6-16(7-12-30)20-25-10-5-17(28-20)15-3-4-15/h5,10,13,15-16H,3-4,6-9,11-12H2,1-2H3,(H,26,27,29). The van der Waals surface area contributed by atoms with Gasteiger partial charge in [0, 0.05) is 42.4 Å². The molecule has 4 heterocycles. The molecule has 0 spiro atoms. The van der Waals surface area contributed by atoms with Gasteiger partial charge in [-0.2, -0.15) is 0 Å². The highest BCUT2D eigenvalue weighted by molar-refractivity contribution is 6.10. The third-order valence-corrected chi connectivity index (χ3v) is 7.14. The second kappa shape index (κ2) is 7.25. The molecule has 0 atom stereocenters. The lowest BCUT2D eigenvalue weighted by atomic mass is 9.95. The molecule has 8 heteroatoms. The number of piperidine rings is 1. The normalized spacial score (nSPS) is 20.5. The Bertz CT molecular complexity index is 1190. The quantitative estimate of drug-likeness (QED) is 0.646. The maximum atomic E-state index is 13.6. The molecule has 3 aliphatic rings. The number of amides is 1. The van der Waals surface area contributed by atoms with Crippen molar-refractivity contribution in [2.45, 2.75) is 69.7 Å². The minimum Gasteiger partial charge on any atom is -0.442 e. The number of aromatic nitrogens is 4. The summed E-state index contributed by atoms with van der Waals surface area (Å²) in [5.41, 5.74) is 2.27. The van der Waals surface area contributed by atoms with Crippen molar-refractivity contribution in [3.05, 3.63) is 41.4 Å². The van der Waals surface area contributed by atoms with Crippen LogP contribution in [0.3, 0.4) is 0 Å². The molecule has 3 aromatic heterocycles. The Labute approximate surface area is 186 Å². The zero-order chi connectivity index (χ0) is 21.9. The first-order valence-corrected chi connectivity index (χ1v) is 11.7. The van der Waals surface area contributed by atoms with Gasteiger partial charge in [0.25, 0.3) is 5.91 Å². The summed E-state index contributed by atoms with van der Waals surface area (Å²) < 4.78 is 5.86. The lowest BCUT2D eigenvalue weighted by Gasteiger charge is -2.31. The molecule has 166 valence electrons. The highest BCUT2D eigenvalue weighted by atomic mass is 16.3. The third-order valence-electron chi connectivity index (χ3n) is 7.14. The summed E-state index contributed by atoms with van der Waals surface area (Å²) in [6.45, 7) is 5.36. The summed E-state index contributed by atoms with van der Waals surface area (Å²) in [4.78, 5) is 33.6. The summed E-state index contributed by atoms with van der Waals surface area (Å²) >= 11 is 0. The van der Waals surface area contributed by atoms with Gasteiger partial charge in [0.15, 0.2) is 0 Å². The van der Waals surface area contributed by atoms with E-state index in [4.69, 9.17) is 9.40 Å². The van der Waals surface area contributed by atoms with Crippen LogP contribution < -0.4 is 5.32 Å². The molecule has 2 saturated carbocycles. The van der Waals surface area contributed by atoms with Crippen molar-refractivity contribution in [3.8, 4) is 0 Å². The van der Waals surface area contributed by atoms with Crippen molar-refractivity contribution in [2.75, 3.05) is 18.4 Å². The van der Waals surface area contributed by atoms with Crippen LogP contribution in [0, 0.1) is 6.92 Å². The van der Waals surface area contributed by atoms with Crippen molar-refractivity contribution in [1.29, 1.82) is 0 Å². The Hall–Kier alpha value is -3.03. The first-order valence-electron chi connectivity index (χ1n) is 11.7. The number of anilines is 1. The molecule has 1 aliphatic heterocycles. The number of hydrogen-bond acceptors (Lipinski definition) is 7. The maximum Gasteiger partial charge on any atom is 0.258 e. The van der Waals surface area contributed by atoms with Crippen molar-refractivity contribution >= 4 is 22.8 Å². The van der Waals surface area contributed by atoms with Gasteiger partial charge in [0.1, 0.15) is 23.7 Å². The van der Waals surface area contributed by atoms with E-state index in [1.165, 1.54) is 24.9 Å². The fourth-order valence-corrected chi connectivity index (χ4v) is 4.69. The predicted octanol–water partition coefficient (Wildman–Crippen LogP) is 4.18. The Morgan fingerprint density at radius 2 is 1.91 bits per heavy atom. The number of hydrogen-bond donors (Lipinski definition) is 1. The highest BCUT2D eigenvalue weighted by Crippen LogP contribution is 2.41. The van der Waals surface area contributed by atoms with Gasteiger partial charge in [0.2, 0.25) is 5.71 Å². The van der Waals surface area contributed by atoms with Crippen molar-refractivity contribution in [2.24, 2.45) is 0 Å². The van der Waals surface area contributed by atoms with E-state index in [0.29, 0.717) is 53.2 Å². The number of carbonyl (C=O) groups excluding carboxylic acids is 1. The lowest BCUT2D eigenvalue weighted by Crippen LogP contribution is -2.38. The van der Waals surface area contributed by atoms with Gasteiger partial charge in [-0.3, -0.25) is 4.79 Å². The van der Waals surface area contributed by atoms with Crippen LogP contribution in [-0.2, 0) is 0 Å². The molecule has 2 aliphatic carbocycles. The van der Waals surface area contributed by atoms with Crippen LogP contribution in [-0.4, -0.2) is 49.4 Å². The molecule has 32 heavy (non-hydrogen) atoms. The number of likely N-dealkylation sites (tertiary alicyclic amines) is 1. The van der Waals surface area contributed by atoms with Crippen molar-refractivity contribution in [1.82, 2.24) is 24.8 Å². The van der Waals surface area contributed by atoms with E-state index in [0.717, 1.165) is 31.5 Å². The number of rotatable bonds is 5. The van der Waals surface area contributed by atoms with Crippen molar-refractivity contribution < 1.29 is 9.21 Å². The predicted molar refractivity (Wildman–Crippen MR) is 120 cm³/mol. The molecule has 0 bridgehead atoms. The molecule has 3 fully saturated rings. The molecule has 1 N–H and O–H groups in total. The van der Waals surface area contributed by atoms with Crippen LogP contribution >= 0.6 is 0 Å². The Balaban J connectivity index is 1.22. The van der Waals surface area contributed by atoms with Gasteiger partial charge < -0.3 is 14.6 Å². The summed E-state index contributed by atoms with van der Waals surface area (Å²) in [6, 6.07) is 2.04. The molecule has 0 radical (unpaired) electrons. The van der Waals surface area contributed by atoms with Crippen LogP contribution in [0.4, 0.5) is 5.82 Å². The van der Waals surface area contributed by atoms with Gasteiger partial charge in [0.05, 0.1) is 10.9 Å². The minimum absolute atomic E-state index is 0.00819. The smallest absolute Gasteiger partial charge is 0.258 e. The molecule has 8 nitrogen and oxygen atoms in total. The fourth-order valence-electron chi connectivity index (χ4n) is 4.69. The molecule has 6 rings (SSSR count). The number of aryl methyl sites for hydroxylation is 1. The molecular formula is C24H28N6O2. The maximum absolute atomic E-state index is 13.6. The van der Waals surface area contributed by atoms with Gasteiger partial charge in [-0.1, -0.05) is 0 Å². The number of nitrogens with one attached hydrogen (secondary N) is 1. The SMILES string of the molecule is Cc1oc2ncnc(NC3(C)CC3)c2c1C(=O)N1CCC(c2nccc(C3CC3)n2)CC1. The molecule has 0 unspecified atom stereocenters. The van der Waals surface area contributed by atoms with Crippen LogP contribution in [0.15, 0.2) is 23.0 Å². The van der Waals surface area contributed by atoms with Crippen LogP contribution in [0.25, 0.3) is 11.1 Å². The third kappa shape index (κ3) is 3.51. The van der Waals surface area contributed by atoms with E-state index in [1.54, 1.807) is 0 Å². The lowest BCUT2D eigenvalue weighted by molar-refractivity contribution is 0.0711. The van der Waals surface area contributed by atoms with E-state index in [9.17, 15) is 4.79 Å². The van der Waals surface area contributed by atoms with Gasteiger partial charge >= 0.3 is 0 Å². The van der Waals surface area contributed by atoms with Gasteiger partial charge in [-0.05, 0) is 58.4 Å². The second-order valence-electron chi connectivity index (χ2n) is 9.80. The largest absolute Gasteiger partial charge is 0.442 e. The number of fused-ring (bicyclic) bond motifs is 1.